The lowest BCUT2D eigenvalue weighted by molar-refractivity contribution is -0.120. The van der Waals surface area contributed by atoms with Crippen LogP contribution in [0, 0.1) is 12.8 Å². The molecule has 0 saturated carbocycles. The second-order valence-electron chi connectivity index (χ2n) is 7.66. The van der Waals surface area contributed by atoms with Gasteiger partial charge >= 0.3 is 0 Å². The van der Waals surface area contributed by atoms with E-state index >= 15 is 0 Å². The third-order valence-corrected chi connectivity index (χ3v) is 5.77. The standard InChI is InChI=1S/C23H23ClN2O2/c1-15-6-5-13-25(14-15)21-20(17-9-11-18(24)12-10-17)22(27)26(23(21)28)19-8-4-3-7-16(19)2/h3-4,7-12,15H,5-6,13-14H2,1-2H3. The number of anilines is 1. The quantitative estimate of drug-likeness (QED) is 0.710. The lowest BCUT2D eigenvalue weighted by Gasteiger charge is -2.33. The lowest BCUT2D eigenvalue weighted by atomic mass is 9.98. The number of halogens is 1. The molecule has 0 aromatic heterocycles. The fourth-order valence-electron chi connectivity index (χ4n) is 4.11. The number of piperidine rings is 1. The molecule has 0 N–H and O–H groups in total. The van der Waals surface area contributed by atoms with Crippen molar-refractivity contribution < 1.29 is 9.59 Å². The first kappa shape index (κ1) is 18.8. The predicted octanol–water partition coefficient (Wildman–Crippen LogP) is 4.66. The topological polar surface area (TPSA) is 40.6 Å². The number of carbonyl (C=O) groups excluding carboxylic acids is 2. The molecule has 144 valence electrons. The summed E-state index contributed by atoms with van der Waals surface area (Å²) in [5.74, 6) is -0.0173. The maximum atomic E-state index is 13.5. The minimum Gasteiger partial charge on any atom is -0.366 e. The number of rotatable bonds is 3. The molecule has 2 heterocycles. The Morgan fingerprint density at radius 2 is 1.71 bits per heavy atom. The highest BCUT2D eigenvalue weighted by molar-refractivity contribution is 6.45. The Morgan fingerprint density at radius 1 is 1.00 bits per heavy atom. The summed E-state index contributed by atoms with van der Waals surface area (Å²) >= 11 is 6.04. The number of amides is 2. The van der Waals surface area contributed by atoms with Crippen molar-refractivity contribution in [3.63, 3.8) is 0 Å². The van der Waals surface area contributed by atoms with Gasteiger partial charge in [0, 0.05) is 18.1 Å². The first-order valence-corrected chi connectivity index (χ1v) is 10.0. The smallest absolute Gasteiger partial charge is 0.282 e. The van der Waals surface area contributed by atoms with Gasteiger partial charge in [-0.15, -0.1) is 0 Å². The third kappa shape index (κ3) is 3.22. The van der Waals surface area contributed by atoms with E-state index in [9.17, 15) is 9.59 Å². The molecule has 1 fully saturated rings. The number of likely N-dealkylation sites (tertiary alicyclic amines) is 1. The third-order valence-electron chi connectivity index (χ3n) is 5.52. The summed E-state index contributed by atoms with van der Waals surface area (Å²) in [5, 5.41) is 0.602. The summed E-state index contributed by atoms with van der Waals surface area (Å²) in [4.78, 5) is 30.4. The number of imide groups is 1. The van der Waals surface area contributed by atoms with E-state index in [0.29, 0.717) is 27.9 Å². The maximum Gasteiger partial charge on any atom is 0.282 e. The van der Waals surface area contributed by atoms with Crippen molar-refractivity contribution in [2.24, 2.45) is 5.92 Å². The molecule has 2 aliphatic heterocycles. The fourth-order valence-corrected chi connectivity index (χ4v) is 4.24. The van der Waals surface area contributed by atoms with Crippen LogP contribution in [0.2, 0.25) is 5.02 Å². The first-order valence-electron chi connectivity index (χ1n) is 9.67. The molecule has 2 aromatic rings. The molecule has 2 aromatic carbocycles. The van der Waals surface area contributed by atoms with Gasteiger partial charge in [-0.25, -0.2) is 4.90 Å². The minimum atomic E-state index is -0.269. The largest absolute Gasteiger partial charge is 0.366 e. The van der Waals surface area contributed by atoms with E-state index in [0.717, 1.165) is 37.1 Å². The zero-order chi connectivity index (χ0) is 19.8. The number of aryl methyl sites for hydroxylation is 1. The molecule has 2 amide bonds. The van der Waals surface area contributed by atoms with Gasteiger partial charge in [0.25, 0.3) is 11.8 Å². The second-order valence-corrected chi connectivity index (χ2v) is 8.09. The zero-order valence-corrected chi connectivity index (χ0v) is 16.9. The van der Waals surface area contributed by atoms with E-state index in [1.165, 1.54) is 4.90 Å². The highest BCUT2D eigenvalue weighted by Gasteiger charge is 2.43. The van der Waals surface area contributed by atoms with Crippen molar-refractivity contribution in [3.05, 3.63) is 70.4 Å². The van der Waals surface area contributed by atoms with Crippen LogP contribution in [-0.4, -0.2) is 29.8 Å². The highest BCUT2D eigenvalue weighted by atomic mass is 35.5. The predicted molar refractivity (Wildman–Crippen MR) is 112 cm³/mol. The maximum absolute atomic E-state index is 13.5. The highest BCUT2D eigenvalue weighted by Crippen LogP contribution is 2.37. The Bertz CT molecular complexity index is 965. The fraction of sp³-hybridized carbons (Fsp3) is 0.304. The van der Waals surface area contributed by atoms with E-state index < -0.39 is 0 Å². The van der Waals surface area contributed by atoms with Crippen molar-refractivity contribution in [3.8, 4) is 0 Å². The summed E-state index contributed by atoms with van der Waals surface area (Å²) < 4.78 is 0. The van der Waals surface area contributed by atoms with Crippen LogP contribution in [0.5, 0.6) is 0 Å². The minimum absolute atomic E-state index is 0.238. The summed E-state index contributed by atoms with van der Waals surface area (Å²) in [6, 6.07) is 14.7. The number of para-hydroxylation sites is 1. The van der Waals surface area contributed by atoms with Gasteiger partial charge in [-0.05, 0) is 55.0 Å². The van der Waals surface area contributed by atoms with Crippen molar-refractivity contribution in [1.82, 2.24) is 4.90 Å². The van der Waals surface area contributed by atoms with Crippen molar-refractivity contribution in [2.75, 3.05) is 18.0 Å². The van der Waals surface area contributed by atoms with E-state index in [2.05, 4.69) is 11.8 Å². The van der Waals surface area contributed by atoms with Gasteiger partial charge in [-0.2, -0.15) is 0 Å². The van der Waals surface area contributed by atoms with Crippen LogP contribution in [0.15, 0.2) is 54.2 Å². The zero-order valence-electron chi connectivity index (χ0n) is 16.1. The molecular weight excluding hydrogens is 372 g/mol. The molecule has 1 saturated heterocycles. The summed E-state index contributed by atoms with van der Waals surface area (Å²) in [6.45, 7) is 5.68. The van der Waals surface area contributed by atoms with Crippen LogP contribution in [0.1, 0.15) is 30.9 Å². The van der Waals surface area contributed by atoms with Gasteiger partial charge in [-0.3, -0.25) is 9.59 Å². The van der Waals surface area contributed by atoms with Gasteiger partial charge in [0.2, 0.25) is 0 Å². The molecule has 2 aliphatic rings. The molecule has 5 heteroatoms. The Morgan fingerprint density at radius 3 is 2.39 bits per heavy atom. The van der Waals surface area contributed by atoms with Crippen LogP contribution < -0.4 is 4.90 Å². The van der Waals surface area contributed by atoms with Crippen molar-refractivity contribution >= 4 is 34.7 Å². The number of hydrogen-bond acceptors (Lipinski definition) is 3. The first-order chi connectivity index (χ1) is 13.5. The normalized spacial score (nSPS) is 20.3. The molecule has 4 rings (SSSR count). The van der Waals surface area contributed by atoms with Gasteiger partial charge in [-0.1, -0.05) is 48.9 Å². The Balaban J connectivity index is 1.85. The average molecular weight is 395 g/mol. The van der Waals surface area contributed by atoms with Crippen LogP contribution in [0.25, 0.3) is 5.57 Å². The van der Waals surface area contributed by atoms with Crippen LogP contribution in [0.3, 0.4) is 0 Å². The van der Waals surface area contributed by atoms with E-state index in [1.807, 2.05) is 43.3 Å². The molecule has 0 bridgehead atoms. The van der Waals surface area contributed by atoms with Crippen LogP contribution >= 0.6 is 11.6 Å². The van der Waals surface area contributed by atoms with E-state index in [4.69, 9.17) is 11.6 Å². The van der Waals surface area contributed by atoms with Gasteiger partial charge in [0.15, 0.2) is 0 Å². The van der Waals surface area contributed by atoms with Gasteiger partial charge in [0.05, 0.1) is 11.3 Å². The molecular formula is C23H23ClN2O2. The SMILES string of the molecule is Cc1ccccc1N1C(=O)C(c2ccc(Cl)cc2)=C(N2CCCC(C)C2)C1=O. The number of carbonyl (C=O) groups is 2. The Hall–Kier alpha value is -2.59. The van der Waals surface area contributed by atoms with E-state index in [1.54, 1.807) is 12.1 Å². The Kier molecular flexibility index (Phi) is 4.98. The molecule has 4 nitrogen and oxygen atoms in total. The van der Waals surface area contributed by atoms with Crippen molar-refractivity contribution in [1.29, 1.82) is 0 Å². The molecule has 0 spiro atoms. The Labute approximate surface area is 170 Å². The molecule has 0 radical (unpaired) electrons. The molecule has 0 aliphatic carbocycles. The molecule has 1 unspecified atom stereocenters. The summed E-state index contributed by atoms with van der Waals surface area (Å²) in [7, 11) is 0. The number of hydrogen-bond donors (Lipinski definition) is 0. The summed E-state index contributed by atoms with van der Waals surface area (Å²) in [6.07, 6.45) is 2.16. The average Bonchev–Trinajstić information content (AvgIpc) is 2.93. The number of nitrogens with zero attached hydrogens (tertiary/aromatic N) is 2. The number of benzene rings is 2. The lowest BCUT2D eigenvalue weighted by Crippen LogP contribution is -2.39. The van der Waals surface area contributed by atoms with Gasteiger partial charge in [0.1, 0.15) is 5.70 Å². The van der Waals surface area contributed by atoms with Gasteiger partial charge < -0.3 is 4.90 Å². The van der Waals surface area contributed by atoms with Crippen molar-refractivity contribution in [2.45, 2.75) is 26.7 Å². The summed E-state index contributed by atoms with van der Waals surface area (Å²) in [5.41, 5.74) is 3.25. The second kappa shape index (κ2) is 7.44. The van der Waals surface area contributed by atoms with E-state index in [-0.39, 0.29) is 11.8 Å². The van der Waals surface area contributed by atoms with Crippen LogP contribution in [-0.2, 0) is 9.59 Å². The molecule has 28 heavy (non-hydrogen) atoms. The molecule has 1 atom stereocenters. The monoisotopic (exact) mass is 394 g/mol. The van der Waals surface area contributed by atoms with Crippen LogP contribution in [0.4, 0.5) is 5.69 Å².